The maximum absolute atomic E-state index is 12.2. The van der Waals surface area contributed by atoms with Crippen molar-refractivity contribution in [2.45, 2.75) is 19.8 Å². The Bertz CT molecular complexity index is 496. The lowest BCUT2D eigenvalue weighted by atomic mass is 9.89. The number of hydrogen-bond donors (Lipinski definition) is 1. The highest BCUT2D eigenvalue weighted by Crippen LogP contribution is 2.26. The average Bonchev–Trinajstić information content (AvgIpc) is 2.97. The summed E-state index contributed by atoms with van der Waals surface area (Å²) in [5.41, 5.74) is 0.586. The predicted molar refractivity (Wildman–Crippen MR) is 74.6 cm³/mol. The van der Waals surface area contributed by atoms with E-state index in [1.165, 1.54) is 0 Å². The molecule has 1 amide bonds. The van der Waals surface area contributed by atoms with Gasteiger partial charge in [0, 0.05) is 25.0 Å². The molecule has 2 fully saturated rings. The molecule has 0 spiro atoms. The lowest BCUT2D eigenvalue weighted by Gasteiger charge is -2.38. The monoisotopic (exact) mass is 276 g/mol. The maximum atomic E-state index is 12.2. The van der Waals surface area contributed by atoms with Gasteiger partial charge in [-0.3, -0.25) is 9.78 Å². The van der Waals surface area contributed by atoms with Crippen LogP contribution in [0, 0.1) is 5.41 Å². The highest BCUT2D eigenvalue weighted by Gasteiger charge is 2.33. The Labute approximate surface area is 118 Å². The van der Waals surface area contributed by atoms with E-state index in [1.54, 1.807) is 12.4 Å². The SMILES string of the molecule is CC1(CNc2cncc(C(=O)N3CCCC3)n2)COC1. The van der Waals surface area contributed by atoms with E-state index in [4.69, 9.17) is 4.74 Å². The van der Waals surface area contributed by atoms with Gasteiger partial charge in [0.05, 0.1) is 25.6 Å². The lowest BCUT2D eigenvalue weighted by Crippen LogP contribution is -2.45. The third-order valence-electron chi connectivity index (χ3n) is 3.84. The van der Waals surface area contributed by atoms with Crippen molar-refractivity contribution in [1.82, 2.24) is 14.9 Å². The molecule has 3 rings (SSSR count). The first kappa shape index (κ1) is 13.3. The highest BCUT2D eigenvalue weighted by atomic mass is 16.5. The zero-order chi connectivity index (χ0) is 14.0. The number of nitrogens with zero attached hydrogens (tertiary/aromatic N) is 3. The fraction of sp³-hybridized carbons (Fsp3) is 0.643. The Morgan fingerprint density at radius 3 is 2.80 bits per heavy atom. The average molecular weight is 276 g/mol. The van der Waals surface area contributed by atoms with E-state index in [9.17, 15) is 4.79 Å². The molecule has 1 aromatic heterocycles. The fourth-order valence-corrected chi connectivity index (χ4v) is 2.49. The van der Waals surface area contributed by atoms with Crippen LogP contribution in [0.15, 0.2) is 12.4 Å². The minimum Gasteiger partial charge on any atom is -0.380 e. The van der Waals surface area contributed by atoms with Gasteiger partial charge < -0.3 is 15.0 Å². The van der Waals surface area contributed by atoms with Gasteiger partial charge in [-0.2, -0.15) is 0 Å². The Kier molecular flexibility index (Phi) is 3.56. The third kappa shape index (κ3) is 2.75. The van der Waals surface area contributed by atoms with Crippen LogP contribution in [-0.2, 0) is 4.74 Å². The van der Waals surface area contributed by atoms with Gasteiger partial charge in [0.2, 0.25) is 0 Å². The molecule has 6 heteroatoms. The van der Waals surface area contributed by atoms with Crippen molar-refractivity contribution in [3.63, 3.8) is 0 Å². The van der Waals surface area contributed by atoms with Gasteiger partial charge in [-0.25, -0.2) is 4.98 Å². The molecule has 2 aliphatic rings. The first-order valence-electron chi connectivity index (χ1n) is 7.09. The summed E-state index contributed by atoms with van der Waals surface area (Å²) in [6.45, 7) is 6.13. The van der Waals surface area contributed by atoms with Crippen LogP contribution >= 0.6 is 0 Å². The summed E-state index contributed by atoms with van der Waals surface area (Å²) >= 11 is 0. The van der Waals surface area contributed by atoms with E-state index in [1.807, 2.05) is 4.90 Å². The second kappa shape index (κ2) is 5.36. The second-order valence-corrected chi connectivity index (χ2v) is 5.95. The molecule has 3 heterocycles. The number of likely N-dealkylation sites (tertiary alicyclic amines) is 1. The van der Waals surface area contributed by atoms with Crippen molar-refractivity contribution in [3.8, 4) is 0 Å². The van der Waals surface area contributed by atoms with Crippen molar-refractivity contribution >= 4 is 11.7 Å². The van der Waals surface area contributed by atoms with Crippen molar-refractivity contribution in [2.75, 3.05) is 38.2 Å². The second-order valence-electron chi connectivity index (χ2n) is 5.95. The van der Waals surface area contributed by atoms with Gasteiger partial charge in [-0.1, -0.05) is 6.92 Å². The highest BCUT2D eigenvalue weighted by molar-refractivity contribution is 5.92. The van der Waals surface area contributed by atoms with Gasteiger partial charge in [0.1, 0.15) is 11.5 Å². The first-order chi connectivity index (χ1) is 9.66. The van der Waals surface area contributed by atoms with Gasteiger partial charge in [0.25, 0.3) is 5.91 Å². The summed E-state index contributed by atoms with van der Waals surface area (Å²) < 4.78 is 5.22. The lowest BCUT2D eigenvalue weighted by molar-refractivity contribution is -0.0924. The Hall–Kier alpha value is -1.69. The molecular formula is C14H20N4O2. The van der Waals surface area contributed by atoms with Gasteiger partial charge in [-0.15, -0.1) is 0 Å². The summed E-state index contributed by atoms with van der Waals surface area (Å²) in [4.78, 5) is 22.6. The molecule has 0 saturated carbocycles. The van der Waals surface area contributed by atoms with Crippen molar-refractivity contribution in [1.29, 1.82) is 0 Å². The topological polar surface area (TPSA) is 67.4 Å². The van der Waals surface area contributed by atoms with E-state index >= 15 is 0 Å². The first-order valence-corrected chi connectivity index (χ1v) is 7.09. The van der Waals surface area contributed by atoms with Crippen LogP contribution in [-0.4, -0.2) is 53.6 Å². The molecule has 0 radical (unpaired) electrons. The van der Waals surface area contributed by atoms with Gasteiger partial charge in [-0.05, 0) is 12.8 Å². The maximum Gasteiger partial charge on any atom is 0.274 e. The minimum absolute atomic E-state index is 0.0168. The minimum atomic E-state index is -0.0168. The molecule has 108 valence electrons. The smallest absolute Gasteiger partial charge is 0.274 e. The van der Waals surface area contributed by atoms with Gasteiger partial charge in [0.15, 0.2) is 0 Å². The molecule has 0 unspecified atom stereocenters. The standard InChI is InChI=1S/C14H20N4O2/c1-14(9-20-10-14)8-16-12-7-15-6-11(17-12)13(19)18-4-2-3-5-18/h6-7H,2-5,8-10H2,1H3,(H,16,17). The molecule has 2 aliphatic heterocycles. The predicted octanol–water partition coefficient (Wildman–Crippen LogP) is 1.16. The van der Waals surface area contributed by atoms with E-state index in [0.29, 0.717) is 11.5 Å². The molecule has 0 bridgehead atoms. The molecule has 2 saturated heterocycles. The van der Waals surface area contributed by atoms with Crippen LogP contribution in [0.4, 0.5) is 5.82 Å². The number of hydrogen-bond acceptors (Lipinski definition) is 5. The van der Waals surface area contributed by atoms with Crippen LogP contribution in [0.1, 0.15) is 30.3 Å². The van der Waals surface area contributed by atoms with Crippen molar-refractivity contribution in [3.05, 3.63) is 18.1 Å². The number of rotatable bonds is 4. The number of nitrogens with one attached hydrogen (secondary N) is 1. The number of anilines is 1. The summed E-state index contributed by atoms with van der Waals surface area (Å²) in [5.74, 6) is 0.639. The molecule has 0 aromatic carbocycles. The Balaban J connectivity index is 1.64. The van der Waals surface area contributed by atoms with Gasteiger partial charge >= 0.3 is 0 Å². The van der Waals surface area contributed by atoms with Crippen LogP contribution < -0.4 is 5.32 Å². The number of carbonyl (C=O) groups excluding carboxylic acids is 1. The Morgan fingerprint density at radius 1 is 1.40 bits per heavy atom. The van der Waals surface area contributed by atoms with Crippen molar-refractivity contribution < 1.29 is 9.53 Å². The number of ether oxygens (including phenoxy) is 1. The summed E-state index contributed by atoms with van der Waals surface area (Å²) in [7, 11) is 0. The Morgan fingerprint density at radius 2 is 2.15 bits per heavy atom. The fourth-order valence-electron chi connectivity index (χ4n) is 2.49. The zero-order valence-corrected chi connectivity index (χ0v) is 11.8. The number of carbonyl (C=O) groups is 1. The molecule has 1 N–H and O–H groups in total. The molecular weight excluding hydrogens is 256 g/mol. The molecule has 20 heavy (non-hydrogen) atoms. The van der Waals surface area contributed by atoms with E-state index in [-0.39, 0.29) is 11.3 Å². The summed E-state index contributed by atoms with van der Waals surface area (Å²) in [5, 5.41) is 3.25. The number of amides is 1. The van der Waals surface area contributed by atoms with Crippen LogP contribution in [0.5, 0.6) is 0 Å². The quantitative estimate of drug-likeness (QED) is 0.894. The van der Waals surface area contributed by atoms with Crippen molar-refractivity contribution in [2.24, 2.45) is 5.41 Å². The van der Waals surface area contributed by atoms with E-state index in [2.05, 4.69) is 22.2 Å². The van der Waals surface area contributed by atoms with Crippen LogP contribution in [0.25, 0.3) is 0 Å². The zero-order valence-electron chi connectivity index (χ0n) is 11.8. The molecule has 0 atom stereocenters. The molecule has 1 aromatic rings. The van der Waals surface area contributed by atoms with E-state index < -0.39 is 0 Å². The van der Waals surface area contributed by atoms with Crippen LogP contribution in [0.3, 0.4) is 0 Å². The third-order valence-corrected chi connectivity index (χ3v) is 3.84. The number of aromatic nitrogens is 2. The largest absolute Gasteiger partial charge is 0.380 e. The van der Waals surface area contributed by atoms with E-state index in [0.717, 1.165) is 45.7 Å². The molecule has 6 nitrogen and oxygen atoms in total. The van der Waals surface area contributed by atoms with Crippen LogP contribution in [0.2, 0.25) is 0 Å². The summed E-state index contributed by atoms with van der Waals surface area (Å²) in [6, 6.07) is 0. The summed E-state index contributed by atoms with van der Waals surface area (Å²) in [6.07, 6.45) is 5.36. The molecule has 0 aliphatic carbocycles. The normalized spacial score (nSPS) is 20.6.